The Bertz CT molecular complexity index is 418. The second-order valence-corrected chi connectivity index (χ2v) is 5.63. The zero-order chi connectivity index (χ0) is 13.3. The first-order valence-corrected chi connectivity index (χ1v) is 7.15. The molecule has 18 heavy (non-hydrogen) atoms. The first kappa shape index (κ1) is 13.3. The summed E-state index contributed by atoms with van der Waals surface area (Å²) in [5, 5.41) is 0.627. The zero-order valence-electron chi connectivity index (χ0n) is 11.1. The van der Waals surface area contributed by atoms with Crippen LogP contribution in [0.2, 0.25) is 0 Å². The number of amides is 1. The van der Waals surface area contributed by atoms with E-state index in [1.165, 1.54) is 16.2 Å². The van der Waals surface area contributed by atoms with Crippen LogP contribution in [0.25, 0.3) is 0 Å². The van der Waals surface area contributed by atoms with Gasteiger partial charge in [-0.1, -0.05) is 0 Å². The van der Waals surface area contributed by atoms with Crippen LogP contribution >= 0.6 is 11.3 Å². The average Bonchev–Trinajstić information content (AvgIpc) is 2.86. The molecule has 0 saturated heterocycles. The Morgan fingerprint density at radius 3 is 2.72 bits per heavy atom. The lowest BCUT2D eigenvalue weighted by Gasteiger charge is -2.28. The lowest BCUT2D eigenvalue weighted by Crippen LogP contribution is -2.45. The molecule has 1 atom stereocenters. The summed E-state index contributed by atoms with van der Waals surface area (Å²) < 4.78 is 0. The first-order chi connectivity index (χ1) is 8.56. The molecule has 2 heterocycles. The third-order valence-corrected chi connectivity index (χ3v) is 4.39. The standard InChI is InChI=1S/C12H20N4OS/c1-4-15(5-2)11(17)8(3)16-6-9-10(7-16)18-12(13)14-9/h8H,4-7H2,1-3H3,(H2,13,14). The predicted octanol–water partition coefficient (Wildman–Crippen LogP) is 1.30. The normalized spacial score (nSPS) is 16.6. The predicted molar refractivity (Wildman–Crippen MR) is 73.2 cm³/mol. The lowest BCUT2D eigenvalue weighted by atomic mass is 10.2. The van der Waals surface area contributed by atoms with Crippen LogP contribution in [0.1, 0.15) is 31.3 Å². The summed E-state index contributed by atoms with van der Waals surface area (Å²) in [5.74, 6) is 0.197. The average molecular weight is 268 g/mol. The fourth-order valence-corrected chi connectivity index (χ4v) is 3.18. The molecule has 0 aromatic carbocycles. The van der Waals surface area contributed by atoms with Gasteiger partial charge >= 0.3 is 0 Å². The topological polar surface area (TPSA) is 62.5 Å². The minimum atomic E-state index is -0.0903. The Morgan fingerprint density at radius 2 is 2.17 bits per heavy atom. The number of aromatic nitrogens is 1. The molecule has 5 nitrogen and oxygen atoms in total. The summed E-state index contributed by atoms with van der Waals surface area (Å²) in [6.07, 6.45) is 0. The van der Waals surface area contributed by atoms with Gasteiger partial charge in [-0.25, -0.2) is 4.98 Å². The molecule has 1 unspecified atom stereocenters. The van der Waals surface area contributed by atoms with Crippen molar-refractivity contribution in [3.05, 3.63) is 10.6 Å². The minimum Gasteiger partial charge on any atom is -0.375 e. The Balaban J connectivity index is 2.02. The molecule has 1 aromatic rings. The first-order valence-electron chi connectivity index (χ1n) is 6.33. The van der Waals surface area contributed by atoms with Crippen molar-refractivity contribution >= 4 is 22.4 Å². The van der Waals surface area contributed by atoms with Crippen molar-refractivity contribution in [3.63, 3.8) is 0 Å². The van der Waals surface area contributed by atoms with Crippen LogP contribution in [0.5, 0.6) is 0 Å². The van der Waals surface area contributed by atoms with Crippen molar-refractivity contribution in [2.75, 3.05) is 18.8 Å². The molecule has 0 bridgehead atoms. The van der Waals surface area contributed by atoms with Crippen LogP contribution in [0, 0.1) is 0 Å². The van der Waals surface area contributed by atoms with Gasteiger partial charge in [-0.2, -0.15) is 0 Å². The number of carbonyl (C=O) groups is 1. The van der Waals surface area contributed by atoms with Gasteiger partial charge in [0.25, 0.3) is 0 Å². The van der Waals surface area contributed by atoms with E-state index in [0.717, 1.165) is 31.9 Å². The number of hydrogen-bond donors (Lipinski definition) is 1. The molecule has 1 aliphatic heterocycles. The number of nitrogen functional groups attached to an aromatic ring is 1. The van der Waals surface area contributed by atoms with Gasteiger partial charge in [0.1, 0.15) is 0 Å². The van der Waals surface area contributed by atoms with Gasteiger partial charge in [0.15, 0.2) is 5.13 Å². The van der Waals surface area contributed by atoms with E-state index >= 15 is 0 Å². The summed E-state index contributed by atoms with van der Waals surface area (Å²) >= 11 is 1.53. The number of anilines is 1. The number of carbonyl (C=O) groups excluding carboxylic acids is 1. The van der Waals surface area contributed by atoms with Crippen molar-refractivity contribution in [3.8, 4) is 0 Å². The van der Waals surface area contributed by atoms with Gasteiger partial charge in [-0.15, -0.1) is 11.3 Å². The molecule has 0 saturated carbocycles. The molecule has 1 aromatic heterocycles. The molecular weight excluding hydrogens is 248 g/mol. The van der Waals surface area contributed by atoms with E-state index in [2.05, 4.69) is 9.88 Å². The van der Waals surface area contributed by atoms with Gasteiger partial charge < -0.3 is 10.6 Å². The molecule has 0 spiro atoms. The fraction of sp³-hybridized carbons (Fsp3) is 0.667. The van der Waals surface area contributed by atoms with Crippen LogP contribution in [-0.2, 0) is 17.9 Å². The van der Waals surface area contributed by atoms with E-state index in [4.69, 9.17) is 5.73 Å². The van der Waals surface area contributed by atoms with Crippen molar-refractivity contribution < 1.29 is 4.79 Å². The van der Waals surface area contributed by atoms with E-state index in [1.807, 2.05) is 25.7 Å². The zero-order valence-corrected chi connectivity index (χ0v) is 12.0. The maximum absolute atomic E-state index is 12.3. The molecule has 1 aliphatic rings. The van der Waals surface area contributed by atoms with E-state index in [-0.39, 0.29) is 11.9 Å². The molecule has 0 radical (unpaired) electrons. The van der Waals surface area contributed by atoms with E-state index in [9.17, 15) is 4.79 Å². The minimum absolute atomic E-state index is 0.0903. The lowest BCUT2D eigenvalue weighted by molar-refractivity contribution is -0.136. The highest BCUT2D eigenvalue weighted by Gasteiger charge is 2.31. The highest BCUT2D eigenvalue weighted by Crippen LogP contribution is 2.30. The van der Waals surface area contributed by atoms with Crippen molar-refractivity contribution in [1.82, 2.24) is 14.8 Å². The SMILES string of the molecule is CCN(CC)C(=O)C(C)N1Cc2nc(N)sc2C1. The number of nitrogens with zero attached hydrogens (tertiary/aromatic N) is 3. The van der Waals surface area contributed by atoms with E-state index in [1.54, 1.807) is 0 Å². The highest BCUT2D eigenvalue weighted by molar-refractivity contribution is 7.15. The largest absolute Gasteiger partial charge is 0.375 e. The van der Waals surface area contributed by atoms with Crippen molar-refractivity contribution in [1.29, 1.82) is 0 Å². The van der Waals surface area contributed by atoms with Crippen molar-refractivity contribution in [2.24, 2.45) is 0 Å². The Hall–Kier alpha value is -1.14. The number of fused-ring (bicyclic) bond motifs is 1. The second-order valence-electron chi connectivity index (χ2n) is 4.51. The summed E-state index contributed by atoms with van der Waals surface area (Å²) in [4.78, 5) is 21.8. The number of likely N-dealkylation sites (N-methyl/N-ethyl adjacent to an activating group) is 1. The fourth-order valence-electron chi connectivity index (χ4n) is 2.31. The quantitative estimate of drug-likeness (QED) is 0.894. The van der Waals surface area contributed by atoms with Crippen LogP contribution in [0.15, 0.2) is 0 Å². The van der Waals surface area contributed by atoms with Crippen LogP contribution in [-0.4, -0.2) is 39.8 Å². The van der Waals surface area contributed by atoms with Gasteiger partial charge in [-0.05, 0) is 20.8 Å². The van der Waals surface area contributed by atoms with E-state index in [0.29, 0.717) is 5.13 Å². The Labute approximate surface area is 112 Å². The summed E-state index contributed by atoms with van der Waals surface area (Å²) in [7, 11) is 0. The van der Waals surface area contributed by atoms with Gasteiger partial charge in [0, 0.05) is 31.1 Å². The van der Waals surface area contributed by atoms with Crippen LogP contribution in [0.3, 0.4) is 0 Å². The van der Waals surface area contributed by atoms with Gasteiger partial charge in [0.2, 0.25) is 5.91 Å². The van der Waals surface area contributed by atoms with E-state index < -0.39 is 0 Å². The summed E-state index contributed by atoms with van der Waals surface area (Å²) in [6.45, 7) is 9.05. The van der Waals surface area contributed by atoms with Gasteiger partial charge in [0.05, 0.1) is 11.7 Å². The molecule has 2 rings (SSSR count). The summed E-state index contributed by atoms with van der Waals surface area (Å²) in [6, 6.07) is -0.0903. The van der Waals surface area contributed by atoms with Crippen LogP contribution < -0.4 is 5.73 Å². The third kappa shape index (κ3) is 2.35. The molecule has 0 fully saturated rings. The van der Waals surface area contributed by atoms with Crippen molar-refractivity contribution in [2.45, 2.75) is 39.9 Å². The molecular formula is C12H20N4OS. The molecule has 2 N–H and O–H groups in total. The molecule has 0 aliphatic carbocycles. The molecule has 100 valence electrons. The number of rotatable bonds is 4. The molecule has 1 amide bonds. The maximum atomic E-state index is 12.3. The summed E-state index contributed by atoms with van der Waals surface area (Å²) in [5.41, 5.74) is 6.71. The Morgan fingerprint density at radius 1 is 1.50 bits per heavy atom. The number of nitrogens with two attached hydrogens (primary N) is 1. The highest BCUT2D eigenvalue weighted by atomic mass is 32.1. The number of thiazole rings is 1. The maximum Gasteiger partial charge on any atom is 0.239 e. The smallest absolute Gasteiger partial charge is 0.239 e. The third-order valence-electron chi connectivity index (χ3n) is 3.47. The monoisotopic (exact) mass is 268 g/mol. The van der Waals surface area contributed by atoms with Crippen LogP contribution in [0.4, 0.5) is 5.13 Å². The Kier molecular flexibility index (Phi) is 3.87. The van der Waals surface area contributed by atoms with Gasteiger partial charge in [-0.3, -0.25) is 9.69 Å². The second kappa shape index (κ2) is 5.24. The number of hydrogen-bond acceptors (Lipinski definition) is 5. The molecule has 6 heteroatoms.